The van der Waals surface area contributed by atoms with E-state index in [2.05, 4.69) is 83.7 Å². The molecule has 2 unspecified atom stereocenters. The predicted molar refractivity (Wildman–Crippen MR) is 95.6 cm³/mol. The van der Waals surface area contributed by atoms with Gasteiger partial charge in [0.15, 0.2) is 0 Å². The Labute approximate surface area is 142 Å². The molecule has 3 aromatic rings. The van der Waals surface area contributed by atoms with Gasteiger partial charge in [-0.25, -0.2) is 0 Å². The molecule has 5 rings (SSSR count). The van der Waals surface area contributed by atoms with E-state index in [1.807, 2.05) is 6.20 Å². The van der Waals surface area contributed by atoms with Crippen molar-refractivity contribution in [2.24, 2.45) is 0 Å². The molecule has 118 valence electrons. The smallest absolute Gasteiger partial charge is 0.0716 e. The summed E-state index contributed by atoms with van der Waals surface area (Å²) in [5.41, 5.74) is 7.00. The highest BCUT2D eigenvalue weighted by molar-refractivity contribution is 5.54. The summed E-state index contributed by atoms with van der Waals surface area (Å²) in [4.78, 5) is 7.11. The average Bonchev–Trinajstić information content (AvgIpc) is 2.80. The van der Waals surface area contributed by atoms with E-state index in [0.29, 0.717) is 6.04 Å². The lowest BCUT2D eigenvalue weighted by atomic mass is 9.81. The predicted octanol–water partition coefficient (Wildman–Crippen LogP) is 4.46. The average molecular weight is 312 g/mol. The molecule has 2 aliphatic rings. The van der Waals surface area contributed by atoms with Crippen LogP contribution < -0.4 is 0 Å². The topological polar surface area (TPSA) is 16.1 Å². The van der Waals surface area contributed by atoms with Crippen molar-refractivity contribution in [2.75, 3.05) is 0 Å². The van der Waals surface area contributed by atoms with Gasteiger partial charge in [-0.2, -0.15) is 0 Å². The molecule has 2 atom stereocenters. The van der Waals surface area contributed by atoms with Crippen LogP contribution in [0.25, 0.3) is 0 Å². The summed E-state index contributed by atoms with van der Waals surface area (Å²) in [6.45, 7) is 3.33. The first-order valence-corrected chi connectivity index (χ1v) is 8.62. The third-order valence-corrected chi connectivity index (χ3v) is 5.84. The highest BCUT2D eigenvalue weighted by Gasteiger charge is 2.51. The summed E-state index contributed by atoms with van der Waals surface area (Å²) in [7, 11) is 0. The van der Waals surface area contributed by atoms with Crippen LogP contribution in [0, 0.1) is 0 Å². The Kier molecular flexibility index (Phi) is 2.92. The largest absolute Gasteiger partial charge is 0.278 e. The van der Waals surface area contributed by atoms with E-state index in [4.69, 9.17) is 0 Å². The molecule has 3 heterocycles. The van der Waals surface area contributed by atoms with Crippen molar-refractivity contribution in [1.82, 2.24) is 9.88 Å². The van der Waals surface area contributed by atoms with Gasteiger partial charge in [-0.1, -0.05) is 54.6 Å². The summed E-state index contributed by atoms with van der Waals surface area (Å²) < 4.78 is 0. The Morgan fingerprint density at radius 1 is 1.00 bits per heavy atom. The molecule has 1 aromatic heterocycles. The van der Waals surface area contributed by atoms with Gasteiger partial charge in [-0.15, -0.1) is 0 Å². The number of benzene rings is 2. The van der Waals surface area contributed by atoms with E-state index in [0.717, 1.165) is 13.0 Å². The molecule has 2 bridgehead atoms. The molecule has 0 aliphatic carbocycles. The highest BCUT2D eigenvalue weighted by Crippen LogP contribution is 2.55. The summed E-state index contributed by atoms with van der Waals surface area (Å²) >= 11 is 0. The Morgan fingerprint density at radius 3 is 2.67 bits per heavy atom. The second-order valence-corrected chi connectivity index (χ2v) is 7.03. The van der Waals surface area contributed by atoms with E-state index < -0.39 is 0 Å². The molecule has 2 nitrogen and oxygen atoms in total. The van der Waals surface area contributed by atoms with Crippen LogP contribution in [0.4, 0.5) is 0 Å². The quantitative estimate of drug-likeness (QED) is 0.694. The summed E-state index contributed by atoms with van der Waals surface area (Å²) in [6.07, 6.45) is 5.07. The highest BCUT2D eigenvalue weighted by atomic mass is 15.3. The maximum Gasteiger partial charge on any atom is 0.0716 e. The molecule has 24 heavy (non-hydrogen) atoms. The third-order valence-electron chi connectivity index (χ3n) is 5.84. The van der Waals surface area contributed by atoms with E-state index in [1.165, 1.54) is 27.8 Å². The number of hydrogen-bond acceptors (Lipinski definition) is 2. The van der Waals surface area contributed by atoms with Crippen molar-refractivity contribution < 1.29 is 0 Å². The van der Waals surface area contributed by atoms with Crippen LogP contribution in [-0.4, -0.2) is 9.88 Å². The normalized spacial score (nSPS) is 24.5. The Hall–Kier alpha value is -2.45. The zero-order valence-corrected chi connectivity index (χ0v) is 13.8. The lowest BCUT2D eigenvalue weighted by Gasteiger charge is -2.44. The molecular weight excluding hydrogens is 292 g/mol. The number of aromatic nitrogens is 1. The minimum Gasteiger partial charge on any atom is -0.278 e. The van der Waals surface area contributed by atoms with E-state index in [1.54, 1.807) is 0 Å². The van der Waals surface area contributed by atoms with Crippen LogP contribution >= 0.6 is 0 Å². The SMILES string of the molecule is CC12c3cnccc3CC(c3ccccc31)N2Cc1ccccc1. The molecule has 2 heteroatoms. The van der Waals surface area contributed by atoms with Crippen LogP contribution in [0.2, 0.25) is 0 Å². The molecule has 2 aliphatic heterocycles. The number of rotatable bonds is 2. The Bertz CT molecular complexity index is 890. The molecule has 0 saturated carbocycles. The van der Waals surface area contributed by atoms with Gasteiger partial charge in [0.05, 0.1) is 5.54 Å². The van der Waals surface area contributed by atoms with Crippen LogP contribution in [0.15, 0.2) is 73.1 Å². The minimum atomic E-state index is -0.0983. The fourth-order valence-electron chi connectivity index (χ4n) is 4.68. The van der Waals surface area contributed by atoms with Crippen molar-refractivity contribution in [3.63, 3.8) is 0 Å². The van der Waals surface area contributed by atoms with Gasteiger partial charge >= 0.3 is 0 Å². The molecule has 0 fully saturated rings. The standard InChI is InChI=1S/C22H20N2/c1-22-19-10-6-5-9-18(19)21(13-17-11-12-23-14-20(17)22)24(22)15-16-7-3-2-4-8-16/h2-12,14,21H,13,15H2,1H3. The second kappa shape index (κ2) is 5.02. The zero-order chi connectivity index (χ0) is 16.1. The summed E-state index contributed by atoms with van der Waals surface area (Å²) in [5, 5.41) is 0. The van der Waals surface area contributed by atoms with Crippen LogP contribution in [-0.2, 0) is 18.5 Å². The van der Waals surface area contributed by atoms with Crippen molar-refractivity contribution >= 4 is 0 Å². The first-order chi connectivity index (χ1) is 11.8. The van der Waals surface area contributed by atoms with Gasteiger partial charge in [0.2, 0.25) is 0 Å². The maximum atomic E-state index is 4.45. The first kappa shape index (κ1) is 13.9. The van der Waals surface area contributed by atoms with Crippen molar-refractivity contribution in [1.29, 1.82) is 0 Å². The van der Waals surface area contributed by atoms with E-state index >= 15 is 0 Å². The number of pyridine rings is 1. The zero-order valence-electron chi connectivity index (χ0n) is 13.8. The van der Waals surface area contributed by atoms with Crippen LogP contribution in [0.3, 0.4) is 0 Å². The third kappa shape index (κ3) is 1.78. The molecule has 2 aromatic carbocycles. The van der Waals surface area contributed by atoms with E-state index in [9.17, 15) is 0 Å². The van der Waals surface area contributed by atoms with Crippen molar-refractivity contribution in [2.45, 2.75) is 31.5 Å². The van der Waals surface area contributed by atoms with Crippen molar-refractivity contribution in [3.05, 3.63) is 101 Å². The molecule has 0 amide bonds. The van der Waals surface area contributed by atoms with Gasteiger partial charge in [-0.3, -0.25) is 9.88 Å². The second-order valence-electron chi connectivity index (χ2n) is 7.03. The van der Waals surface area contributed by atoms with Gasteiger partial charge in [0, 0.05) is 25.0 Å². The minimum absolute atomic E-state index is 0.0983. The number of hydrogen-bond donors (Lipinski definition) is 0. The lowest BCUT2D eigenvalue weighted by molar-refractivity contribution is 0.0860. The monoisotopic (exact) mass is 312 g/mol. The Balaban J connectivity index is 1.70. The van der Waals surface area contributed by atoms with Crippen LogP contribution in [0.1, 0.15) is 40.8 Å². The van der Waals surface area contributed by atoms with E-state index in [-0.39, 0.29) is 5.54 Å². The van der Waals surface area contributed by atoms with Gasteiger partial charge in [0.25, 0.3) is 0 Å². The van der Waals surface area contributed by atoms with Gasteiger partial charge in [0.1, 0.15) is 0 Å². The number of nitrogens with zero attached hydrogens (tertiary/aromatic N) is 2. The molecule has 0 radical (unpaired) electrons. The summed E-state index contributed by atoms with van der Waals surface area (Å²) in [6, 6.07) is 22.4. The lowest BCUT2D eigenvalue weighted by Crippen LogP contribution is -2.45. The molecule has 0 saturated heterocycles. The number of fused-ring (bicyclic) bond motifs is 7. The van der Waals surface area contributed by atoms with Gasteiger partial charge < -0.3 is 0 Å². The first-order valence-electron chi connectivity index (χ1n) is 8.62. The van der Waals surface area contributed by atoms with Gasteiger partial charge in [-0.05, 0) is 47.2 Å². The maximum absolute atomic E-state index is 4.45. The summed E-state index contributed by atoms with van der Waals surface area (Å²) in [5.74, 6) is 0. The van der Waals surface area contributed by atoms with Crippen molar-refractivity contribution in [3.8, 4) is 0 Å². The molecule has 0 spiro atoms. The Morgan fingerprint density at radius 2 is 1.79 bits per heavy atom. The molecule has 0 N–H and O–H groups in total. The fourth-order valence-corrected chi connectivity index (χ4v) is 4.68. The molecular formula is C22H20N2. The van der Waals surface area contributed by atoms with Crippen LogP contribution in [0.5, 0.6) is 0 Å². The fraction of sp³-hybridized carbons (Fsp3) is 0.227.